The van der Waals surface area contributed by atoms with Crippen LogP contribution < -0.4 is 4.46 Å². The minimum atomic E-state index is 0.506. The molecule has 1 N–H and O–H groups in total. The molecule has 0 spiro atoms. The van der Waals surface area contributed by atoms with Gasteiger partial charge in [0.2, 0.25) is 0 Å². The van der Waals surface area contributed by atoms with E-state index in [1.54, 1.807) is 6.07 Å². The summed E-state index contributed by atoms with van der Waals surface area (Å²) in [6.45, 7) is 2.23. The SMILES string of the molecule is CC1C[Se]c2c(O)cccc21. The molecule has 1 nitrogen and oxygen atoms in total. The molecule has 58 valence electrons. The van der Waals surface area contributed by atoms with Gasteiger partial charge in [0.15, 0.2) is 0 Å². The average Bonchev–Trinajstić information content (AvgIpc) is 2.35. The van der Waals surface area contributed by atoms with E-state index in [0.29, 0.717) is 26.6 Å². The summed E-state index contributed by atoms with van der Waals surface area (Å²) in [6, 6.07) is 5.86. The van der Waals surface area contributed by atoms with Crippen molar-refractivity contribution >= 4 is 19.4 Å². The van der Waals surface area contributed by atoms with E-state index < -0.39 is 0 Å². The predicted octanol–water partition coefficient (Wildman–Crippen LogP) is 1.26. The third-order valence-corrected chi connectivity index (χ3v) is 4.97. The van der Waals surface area contributed by atoms with Crippen molar-refractivity contribution in [1.82, 2.24) is 0 Å². The molecule has 1 aliphatic rings. The number of phenols is 1. The molecular formula is C9H10OSe. The van der Waals surface area contributed by atoms with E-state index in [0.717, 1.165) is 0 Å². The van der Waals surface area contributed by atoms with E-state index in [-0.39, 0.29) is 0 Å². The minimum absolute atomic E-state index is 0.506. The first kappa shape index (κ1) is 7.20. The number of hydrogen-bond donors (Lipinski definition) is 1. The third kappa shape index (κ3) is 1.07. The summed E-state index contributed by atoms with van der Waals surface area (Å²) in [5.74, 6) is 1.17. The maximum absolute atomic E-state index is 9.46. The number of rotatable bonds is 0. The van der Waals surface area contributed by atoms with Crippen molar-refractivity contribution < 1.29 is 5.11 Å². The fourth-order valence-electron chi connectivity index (χ4n) is 1.39. The molecule has 1 heterocycles. The molecule has 0 aliphatic carbocycles. The van der Waals surface area contributed by atoms with Crippen LogP contribution in [0.3, 0.4) is 0 Å². The second-order valence-corrected chi connectivity index (χ2v) is 5.07. The Labute approximate surface area is 72.6 Å². The van der Waals surface area contributed by atoms with Gasteiger partial charge in [-0.05, 0) is 0 Å². The molecular weight excluding hydrogens is 203 g/mol. The van der Waals surface area contributed by atoms with Crippen molar-refractivity contribution in [2.75, 3.05) is 0 Å². The molecule has 0 aromatic heterocycles. The zero-order chi connectivity index (χ0) is 7.84. The summed E-state index contributed by atoms with van der Waals surface area (Å²) in [5.41, 5.74) is 1.37. The number of phenolic OH excluding ortho intramolecular Hbond substituents is 1. The summed E-state index contributed by atoms with van der Waals surface area (Å²) >= 11 is 0.514. The van der Waals surface area contributed by atoms with Crippen LogP contribution in [-0.2, 0) is 0 Å². The van der Waals surface area contributed by atoms with E-state index in [9.17, 15) is 5.11 Å². The Hall–Kier alpha value is -0.461. The quantitative estimate of drug-likeness (QED) is 0.643. The van der Waals surface area contributed by atoms with E-state index in [2.05, 4.69) is 13.0 Å². The summed E-state index contributed by atoms with van der Waals surface area (Å²) in [7, 11) is 0. The van der Waals surface area contributed by atoms with Crippen molar-refractivity contribution in [2.24, 2.45) is 0 Å². The second-order valence-electron chi connectivity index (χ2n) is 2.91. The van der Waals surface area contributed by atoms with Crippen LogP contribution in [0.2, 0.25) is 5.32 Å². The van der Waals surface area contributed by atoms with Crippen LogP contribution in [-0.4, -0.2) is 20.1 Å². The normalized spacial score (nSPS) is 21.7. The van der Waals surface area contributed by atoms with Crippen LogP contribution in [0.25, 0.3) is 0 Å². The van der Waals surface area contributed by atoms with Gasteiger partial charge in [0, 0.05) is 0 Å². The first-order chi connectivity index (χ1) is 5.29. The standard InChI is InChI=1S/C9H10OSe/c1-6-5-11-9-7(6)3-2-4-8(9)10/h2-4,6,10H,5H2,1H3. The molecule has 0 amide bonds. The molecule has 1 aromatic carbocycles. The first-order valence-electron chi connectivity index (χ1n) is 3.73. The second kappa shape index (κ2) is 2.54. The van der Waals surface area contributed by atoms with Gasteiger partial charge in [-0.3, -0.25) is 0 Å². The number of hydrogen-bond acceptors (Lipinski definition) is 1. The van der Waals surface area contributed by atoms with Gasteiger partial charge in [0.05, 0.1) is 0 Å². The van der Waals surface area contributed by atoms with Crippen molar-refractivity contribution in [3.8, 4) is 5.75 Å². The van der Waals surface area contributed by atoms with Gasteiger partial charge < -0.3 is 0 Å². The number of fused-ring (bicyclic) bond motifs is 1. The molecule has 2 rings (SSSR count). The molecule has 1 aliphatic heterocycles. The van der Waals surface area contributed by atoms with Gasteiger partial charge in [-0.1, -0.05) is 0 Å². The zero-order valence-electron chi connectivity index (χ0n) is 6.37. The van der Waals surface area contributed by atoms with Gasteiger partial charge in [-0.25, -0.2) is 0 Å². The third-order valence-electron chi connectivity index (χ3n) is 2.03. The van der Waals surface area contributed by atoms with Crippen molar-refractivity contribution in [3.63, 3.8) is 0 Å². The number of aromatic hydroxyl groups is 1. The molecule has 2 heteroatoms. The van der Waals surface area contributed by atoms with E-state index in [1.165, 1.54) is 15.3 Å². The van der Waals surface area contributed by atoms with Gasteiger partial charge in [-0.15, -0.1) is 0 Å². The molecule has 1 atom stereocenters. The van der Waals surface area contributed by atoms with Crippen molar-refractivity contribution in [3.05, 3.63) is 23.8 Å². The fraction of sp³-hybridized carbons (Fsp3) is 0.333. The Bertz CT molecular complexity index is 283. The van der Waals surface area contributed by atoms with E-state index in [1.807, 2.05) is 6.07 Å². The Morgan fingerprint density at radius 3 is 3.09 bits per heavy atom. The summed E-state index contributed by atoms with van der Waals surface area (Å²) in [6.07, 6.45) is 0. The van der Waals surface area contributed by atoms with Gasteiger partial charge in [0.25, 0.3) is 0 Å². The van der Waals surface area contributed by atoms with Gasteiger partial charge in [-0.2, -0.15) is 0 Å². The van der Waals surface area contributed by atoms with Gasteiger partial charge in [0.1, 0.15) is 0 Å². The van der Waals surface area contributed by atoms with Crippen LogP contribution in [0, 0.1) is 0 Å². The van der Waals surface area contributed by atoms with Crippen LogP contribution in [0.4, 0.5) is 0 Å². The molecule has 0 saturated carbocycles. The fourth-order valence-corrected chi connectivity index (χ4v) is 4.00. The Kier molecular flexibility index (Phi) is 1.67. The van der Waals surface area contributed by atoms with Crippen molar-refractivity contribution in [2.45, 2.75) is 18.2 Å². The van der Waals surface area contributed by atoms with Gasteiger partial charge >= 0.3 is 72.2 Å². The maximum atomic E-state index is 9.46. The average molecular weight is 213 g/mol. The van der Waals surface area contributed by atoms with Crippen LogP contribution in [0.1, 0.15) is 18.4 Å². The molecule has 0 fully saturated rings. The Morgan fingerprint density at radius 1 is 1.55 bits per heavy atom. The monoisotopic (exact) mass is 214 g/mol. The van der Waals surface area contributed by atoms with Crippen LogP contribution >= 0.6 is 0 Å². The number of benzene rings is 1. The first-order valence-corrected chi connectivity index (χ1v) is 5.80. The van der Waals surface area contributed by atoms with Crippen LogP contribution in [0.15, 0.2) is 18.2 Å². The van der Waals surface area contributed by atoms with E-state index in [4.69, 9.17) is 0 Å². The predicted molar refractivity (Wildman–Crippen MR) is 46.7 cm³/mol. The molecule has 0 bridgehead atoms. The molecule has 1 unspecified atom stereocenters. The van der Waals surface area contributed by atoms with Crippen molar-refractivity contribution in [1.29, 1.82) is 0 Å². The molecule has 1 aromatic rings. The Morgan fingerprint density at radius 2 is 2.36 bits per heavy atom. The summed E-state index contributed by atoms with van der Waals surface area (Å²) in [5, 5.41) is 10.7. The van der Waals surface area contributed by atoms with Crippen LogP contribution in [0.5, 0.6) is 5.75 Å². The Balaban J connectivity index is 2.57. The molecule has 0 radical (unpaired) electrons. The zero-order valence-corrected chi connectivity index (χ0v) is 8.09. The topological polar surface area (TPSA) is 20.2 Å². The summed E-state index contributed by atoms with van der Waals surface area (Å²) in [4.78, 5) is 0. The molecule has 0 saturated heterocycles. The molecule has 11 heavy (non-hydrogen) atoms. The summed E-state index contributed by atoms with van der Waals surface area (Å²) < 4.78 is 1.23. The van der Waals surface area contributed by atoms with E-state index >= 15 is 0 Å².